The van der Waals surface area contributed by atoms with Crippen molar-refractivity contribution in [2.24, 2.45) is 0 Å². The Labute approximate surface area is 167 Å². The number of rotatable bonds is 6. The van der Waals surface area contributed by atoms with Crippen molar-refractivity contribution < 1.29 is 13.5 Å². The number of thiazole rings is 1. The zero-order chi connectivity index (χ0) is 19.8. The predicted molar refractivity (Wildman–Crippen MR) is 109 cm³/mol. The third kappa shape index (κ3) is 4.16. The van der Waals surface area contributed by atoms with Crippen LogP contribution in [0.25, 0.3) is 16.8 Å². The zero-order valence-corrected chi connectivity index (χ0v) is 17.2. The van der Waals surface area contributed by atoms with Crippen molar-refractivity contribution >= 4 is 44.4 Å². The van der Waals surface area contributed by atoms with Gasteiger partial charge in [0, 0.05) is 36.6 Å². The normalized spacial score (nSPS) is 15.3. The van der Waals surface area contributed by atoms with Gasteiger partial charge in [0.05, 0.1) is 23.6 Å². The lowest BCUT2D eigenvalue weighted by Gasteiger charge is -2.19. The van der Waals surface area contributed by atoms with E-state index in [4.69, 9.17) is 17.0 Å². The lowest BCUT2D eigenvalue weighted by molar-refractivity contribution is 0.356. The van der Waals surface area contributed by atoms with Crippen molar-refractivity contribution in [2.75, 3.05) is 32.9 Å². The Hall–Kier alpha value is -1.94. The summed E-state index contributed by atoms with van der Waals surface area (Å²) in [7, 11) is -0.429. The van der Waals surface area contributed by atoms with E-state index in [9.17, 15) is 13.5 Å². The van der Waals surface area contributed by atoms with Crippen LogP contribution in [0.1, 0.15) is 5.01 Å². The number of aromatic nitrogens is 1. The van der Waals surface area contributed by atoms with Crippen LogP contribution in [0.5, 0.6) is 0 Å². The molecule has 27 heavy (non-hydrogen) atoms. The smallest absolute Gasteiger partial charge is 0.215 e. The van der Waals surface area contributed by atoms with Gasteiger partial charge >= 0.3 is 0 Å². The molecule has 10 heteroatoms. The predicted octanol–water partition coefficient (Wildman–Crippen LogP) is 2.92. The third-order valence-corrected chi connectivity index (χ3v) is 7.14. The summed E-state index contributed by atoms with van der Waals surface area (Å²) in [5, 5.41) is 21.7. The lowest BCUT2D eigenvalue weighted by atomic mass is 10.2. The summed E-state index contributed by atoms with van der Waals surface area (Å²) in [4.78, 5) is 6.06. The van der Waals surface area contributed by atoms with Gasteiger partial charge in [0.2, 0.25) is 10.0 Å². The van der Waals surface area contributed by atoms with Gasteiger partial charge in [0.25, 0.3) is 0 Å². The van der Waals surface area contributed by atoms with Crippen molar-refractivity contribution in [1.29, 1.82) is 5.41 Å². The third-order valence-electron chi connectivity index (χ3n) is 4.22. The van der Waals surface area contributed by atoms with Gasteiger partial charge in [-0.15, -0.1) is 11.3 Å². The Morgan fingerprint density at radius 3 is 2.63 bits per heavy atom. The van der Waals surface area contributed by atoms with E-state index in [0.29, 0.717) is 15.6 Å². The van der Waals surface area contributed by atoms with E-state index in [1.165, 1.54) is 30.3 Å². The number of halogens is 1. The van der Waals surface area contributed by atoms with Gasteiger partial charge in [-0.25, -0.2) is 17.7 Å². The van der Waals surface area contributed by atoms with E-state index in [1.54, 1.807) is 12.1 Å². The van der Waals surface area contributed by atoms with Crippen LogP contribution in [0.2, 0.25) is 5.02 Å². The first-order valence-electron chi connectivity index (χ1n) is 8.07. The molecular formula is C17H19ClN4O3S2. The SMILES string of the molecule is CN(C)S(=O)(=O)CCN1CC(O)=C(c2nc(-c3ccc(Cl)cc3)cs2)C1=N. The van der Waals surface area contributed by atoms with Crippen LogP contribution in [0, 0.1) is 5.41 Å². The summed E-state index contributed by atoms with van der Waals surface area (Å²) in [6, 6.07) is 7.26. The molecule has 0 fully saturated rings. The molecule has 1 aliphatic rings. The maximum absolute atomic E-state index is 11.9. The molecule has 0 bridgehead atoms. The zero-order valence-electron chi connectivity index (χ0n) is 14.8. The van der Waals surface area contributed by atoms with Crippen molar-refractivity contribution in [2.45, 2.75) is 0 Å². The van der Waals surface area contributed by atoms with Gasteiger partial charge in [-0.2, -0.15) is 0 Å². The maximum atomic E-state index is 11.9. The lowest BCUT2D eigenvalue weighted by Crippen LogP contribution is -2.35. The molecule has 3 rings (SSSR count). The second-order valence-corrected chi connectivity index (χ2v) is 9.83. The van der Waals surface area contributed by atoms with E-state index in [1.807, 2.05) is 17.5 Å². The number of aliphatic hydroxyl groups is 1. The highest BCUT2D eigenvalue weighted by molar-refractivity contribution is 7.89. The summed E-state index contributed by atoms with van der Waals surface area (Å²) in [6.07, 6.45) is 0. The molecule has 0 amide bonds. The Morgan fingerprint density at radius 1 is 1.33 bits per heavy atom. The molecule has 2 aromatic rings. The van der Waals surface area contributed by atoms with Gasteiger partial charge < -0.3 is 10.0 Å². The molecule has 0 atom stereocenters. The van der Waals surface area contributed by atoms with Crippen LogP contribution in [0.15, 0.2) is 35.4 Å². The topological polar surface area (TPSA) is 97.6 Å². The number of sulfonamides is 1. The van der Waals surface area contributed by atoms with Crippen LogP contribution >= 0.6 is 22.9 Å². The molecule has 0 spiro atoms. The summed E-state index contributed by atoms with van der Waals surface area (Å²) < 4.78 is 25.0. The minimum Gasteiger partial charge on any atom is -0.510 e. The Kier molecular flexibility index (Phi) is 5.57. The average molecular weight is 427 g/mol. The quantitative estimate of drug-likeness (QED) is 0.740. The molecule has 1 aromatic heterocycles. The van der Waals surface area contributed by atoms with Crippen molar-refractivity contribution in [3.63, 3.8) is 0 Å². The van der Waals surface area contributed by atoms with E-state index in [0.717, 1.165) is 15.6 Å². The maximum Gasteiger partial charge on any atom is 0.215 e. The highest BCUT2D eigenvalue weighted by Crippen LogP contribution is 2.32. The first kappa shape index (κ1) is 19.8. The molecule has 1 aliphatic heterocycles. The average Bonchev–Trinajstić information content (AvgIpc) is 3.18. The standard InChI is InChI=1S/C17H19ClN4O3S2/c1-21(2)27(24,25)8-7-22-9-14(23)15(16(22)19)17-20-13(10-26-17)11-3-5-12(18)6-4-11/h3-6,10,19,23H,7-9H2,1-2H3. The summed E-state index contributed by atoms with van der Waals surface area (Å²) in [5.74, 6) is -0.0191. The summed E-state index contributed by atoms with van der Waals surface area (Å²) >= 11 is 7.23. The first-order chi connectivity index (χ1) is 12.7. The molecule has 144 valence electrons. The number of aliphatic hydroxyl groups excluding tert-OH is 1. The molecular weight excluding hydrogens is 408 g/mol. The highest BCUT2D eigenvalue weighted by Gasteiger charge is 2.31. The minimum atomic E-state index is -3.37. The van der Waals surface area contributed by atoms with Crippen molar-refractivity contribution in [3.8, 4) is 11.3 Å². The Balaban J connectivity index is 1.77. The van der Waals surface area contributed by atoms with E-state index >= 15 is 0 Å². The van der Waals surface area contributed by atoms with Gasteiger partial charge in [0.1, 0.15) is 16.6 Å². The largest absolute Gasteiger partial charge is 0.510 e. The van der Waals surface area contributed by atoms with Crippen LogP contribution in [0.3, 0.4) is 0 Å². The number of hydrogen-bond acceptors (Lipinski definition) is 6. The molecule has 2 N–H and O–H groups in total. The minimum absolute atomic E-state index is 0.0271. The van der Waals surface area contributed by atoms with Crippen LogP contribution in [-0.2, 0) is 10.0 Å². The molecule has 0 radical (unpaired) electrons. The monoisotopic (exact) mass is 426 g/mol. The fraction of sp³-hybridized carbons (Fsp3) is 0.294. The van der Waals surface area contributed by atoms with Crippen molar-refractivity contribution in [3.05, 3.63) is 45.4 Å². The fourth-order valence-electron chi connectivity index (χ4n) is 2.60. The van der Waals surface area contributed by atoms with Gasteiger partial charge in [0.15, 0.2) is 0 Å². The van der Waals surface area contributed by atoms with E-state index in [2.05, 4.69) is 4.98 Å². The Morgan fingerprint density at radius 2 is 2.00 bits per heavy atom. The number of benzene rings is 1. The first-order valence-corrected chi connectivity index (χ1v) is 10.9. The number of nitrogens with one attached hydrogen (secondary N) is 1. The number of amidine groups is 1. The highest BCUT2D eigenvalue weighted by atomic mass is 35.5. The van der Waals surface area contributed by atoms with Crippen LogP contribution in [0.4, 0.5) is 0 Å². The van der Waals surface area contributed by atoms with Gasteiger partial charge in [-0.05, 0) is 12.1 Å². The molecule has 2 heterocycles. The molecule has 0 saturated carbocycles. The number of nitrogens with zero attached hydrogens (tertiary/aromatic N) is 3. The second kappa shape index (κ2) is 7.59. The van der Waals surface area contributed by atoms with Crippen molar-refractivity contribution in [1.82, 2.24) is 14.2 Å². The molecule has 7 nitrogen and oxygen atoms in total. The molecule has 0 saturated heterocycles. The van der Waals surface area contributed by atoms with Gasteiger partial charge in [-0.1, -0.05) is 23.7 Å². The number of hydrogen-bond donors (Lipinski definition) is 2. The Bertz CT molecular complexity index is 997. The summed E-state index contributed by atoms with van der Waals surface area (Å²) in [6.45, 7) is 0.231. The fourth-order valence-corrected chi connectivity index (χ4v) is 4.44. The van der Waals surface area contributed by atoms with Crippen LogP contribution < -0.4 is 0 Å². The summed E-state index contributed by atoms with van der Waals surface area (Å²) in [5.41, 5.74) is 1.97. The molecule has 0 aliphatic carbocycles. The second-order valence-electron chi connectivity index (χ2n) is 6.24. The van der Waals surface area contributed by atoms with Gasteiger partial charge in [-0.3, -0.25) is 5.41 Å². The van der Waals surface area contributed by atoms with Crippen LogP contribution in [-0.4, -0.2) is 66.5 Å². The molecule has 0 unspecified atom stereocenters. The molecule has 1 aromatic carbocycles. The van der Waals surface area contributed by atoms with E-state index < -0.39 is 10.0 Å². The van der Waals surface area contributed by atoms with E-state index in [-0.39, 0.29) is 30.4 Å².